The van der Waals surface area contributed by atoms with Gasteiger partial charge in [-0.3, -0.25) is 9.78 Å². The van der Waals surface area contributed by atoms with Gasteiger partial charge in [-0.2, -0.15) is 4.72 Å². The first-order valence-electron chi connectivity index (χ1n) is 6.88. The number of nitrogens with one attached hydrogen (secondary N) is 1. The molecule has 0 saturated heterocycles. The number of sulfonamides is 1. The van der Waals surface area contributed by atoms with Gasteiger partial charge in [0.15, 0.2) is 0 Å². The van der Waals surface area contributed by atoms with Crippen LogP contribution in [0.25, 0.3) is 10.9 Å². The van der Waals surface area contributed by atoms with Crippen molar-refractivity contribution in [1.82, 2.24) is 9.71 Å². The molecule has 0 aliphatic heterocycles. The van der Waals surface area contributed by atoms with Crippen molar-refractivity contribution in [1.29, 1.82) is 0 Å². The lowest BCUT2D eigenvalue weighted by Gasteiger charge is -2.26. The predicted molar refractivity (Wildman–Crippen MR) is 86.3 cm³/mol. The number of benzene rings is 1. The normalized spacial score (nSPS) is 14.6. The number of primary amides is 1. The average Bonchev–Trinajstić information content (AvgIpc) is 2.47. The quantitative estimate of drug-likeness (QED) is 0.806. The first kappa shape index (κ1) is 17.3. The third-order valence-electron chi connectivity index (χ3n) is 3.56. The molecule has 1 unspecified atom stereocenters. The molecule has 23 heavy (non-hydrogen) atoms. The molecule has 7 nitrogen and oxygen atoms in total. The molecule has 2 rings (SSSR count). The maximum Gasteiger partial charge on any atom is 0.242 e. The minimum atomic E-state index is -4.00. The van der Waals surface area contributed by atoms with E-state index >= 15 is 0 Å². The number of rotatable bonds is 6. The summed E-state index contributed by atoms with van der Waals surface area (Å²) in [6.07, 6.45) is 1.59. The fourth-order valence-corrected chi connectivity index (χ4v) is 3.88. The molecule has 1 aromatic carbocycles. The Morgan fingerprint density at radius 1 is 1.39 bits per heavy atom. The number of aromatic nitrogens is 1. The van der Waals surface area contributed by atoms with Crippen molar-refractivity contribution in [3.8, 4) is 0 Å². The van der Waals surface area contributed by atoms with E-state index in [9.17, 15) is 13.2 Å². The van der Waals surface area contributed by atoms with Gasteiger partial charge in [0.1, 0.15) is 5.54 Å². The second-order valence-corrected chi connectivity index (χ2v) is 7.17. The molecule has 124 valence electrons. The number of carbonyl (C=O) groups excluding carboxylic acids is 1. The Bertz CT molecular complexity index is 851. The van der Waals surface area contributed by atoms with Gasteiger partial charge in [0.05, 0.1) is 17.0 Å². The fraction of sp³-hybridized carbons (Fsp3) is 0.333. The summed E-state index contributed by atoms with van der Waals surface area (Å²) in [5.41, 5.74) is 5.21. The van der Waals surface area contributed by atoms with Crippen molar-refractivity contribution in [3.05, 3.63) is 36.0 Å². The van der Waals surface area contributed by atoms with Gasteiger partial charge in [0.25, 0.3) is 0 Å². The molecule has 0 bridgehead atoms. The van der Waals surface area contributed by atoms with Crippen LogP contribution in [0.1, 0.15) is 12.5 Å². The highest BCUT2D eigenvalue weighted by atomic mass is 32.2. The second-order valence-electron chi connectivity index (χ2n) is 5.52. The summed E-state index contributed by atoms with van der Waals surface area (Å²) in [6.45, 7) is 3.05. The standard InChI is InChI=1S/C15H19N3O4S/c1-10-6-7-12(11-5-4-8-17-13(10)11)23(20,21)18-15(2,9-22-3)14(16)19/h4-8,18H,9H2,1-3H3,(H2,16,19). The lowest BCUT2D eigenvalue weighted by molar-refractivity contribution is -0.124. The van der Waals surface area contributed by atoms with Crippen LogP contribution in [-0.2, 0) is 19.6 Å². The van der Waals surface area contributed by atoms with Crippen molar-refractivity contribution < 1.29 is 17.9 Å². The van der Waals surface area contributed by atoms with Crippen LogP contribution in [0, 0.1) is 6.92 Å². The molecule has 1 amide bonds. The van der Waals surface area contributed by atoms with Crippen molar-refractivity contribution in [2.45, 2.75) is 24.3 Å². The summed E-state index contributed by atoms with van der Waals surface area (Å²) in [5.74, 6) is -0.822. The van der Waals surface area contributed by atoms with E-state index < -0.39 is 21.5 Å². The van der Waals surface area contributed by atoms with E-state index in [4.69, 9.17) is 10.5 Å². The molecule has 1 aromatic heterocycles. The SMILES string of the molecule is COCC(C)(NS(=O)(=O)c1ccc(C)c2ncccc12)C(N)=O. The molecule has 1 atom stereocenters. The Hall–Kier alpha value is -2.03. The number of hydrogen-bond acceptors (Lipinski definition) is 5. The van der Waals surface area contributed by atoms with Gasteiger partial charge in [-0.25, -0.2) is 8.42 Å². The summed E-state index contributed by atoms with van der Waals surface area (Å²) in [5, 5.41) is 0.476. The molecule has 0 radical (unpaired) electrons. The number of methoxy groups -OCH3 is 1. The zero-order chi connectivity index (χ0) is 17.3. The highest BCUT2D eigenvalue weighted by Crippen LogP contribution is 2.25. The minimum absolute atomic E-state index is 0.0368. The van der Waals surface area contributed by atoms with Crippen LogP contribution >= 0.6 is 0 Å². The number of ether oxygens (including phenoxy) is 1. The van der Waals surface area contributed by atoms with Crippen LogP contribution in [0.5, 0.6) is 0 Å². The summed E-state index contributed by atoms with van der Waals surface area (Å²) in [4.78, 5) is 15.9. The van der Waals surface area contributed by atoms with Crippen LogP contribution in [0.4, 0.5) is 0 Å². The van der Waals surface area contributed by atoms with E-state index in [-0.39, 0.29) is 11.5 Å². The van der Waals surface area contributed by atoms with E-state index in [1.165, 1.54) is 20.1 Å². The fourth-order valence-electron chi connectivity index (χ4n) is 2.31. The van der Waals surface area contributed by atoms with Gasteiger partial charge in [-0.1, -0.05) is 6.07 Å². The van der Waals surface area contributed by atoms with Crippen molar-refractivity contribution in [3.63, 3.8) is 0 Å². The molecule has 3 N–H and O–H groups in total. The number of amides is 1. The summed E-state index contributed by atoms with van der Waals surface area (Å²) < 4.78 is 32.8. The van der Waals surface area contributed by atoms with Crippen LogP contribution in [-0.4, -0.2) is 38.6 Å². The number of pyridine rings is 1. The third kappa shape index (κ3) is 3.34. The van der Waals surface area contributed by atoms with Gasteiger partial charge in [-0.05, 0) is 37.6 Å². The van der Waals surface area contributed by atoms with Crippen molar-refractivity contribution >= 4 is 26.8 Å². The van der Waals surface area contributed by atoms with Crippen LogP contribution in [0.3, 0.4) is 0 Å². The third-order valence-corrected chi connectivity index (χ3v) is 5.21. The van der Waals surface area contributed by atoms with Gasteiger partial charge < -0.3 is 10.5 Å². The maximum absolute atomic E-state index is 12.8. The topological polar surface area (TPSA) is 111 Å². The number of hydrogen-bond donors (Lipinski definition) is 2. The molecular formula is C15H19N3O4S. The number of aryl methyl sites for hydroxylation is 1. The summed E-state index contributed by atoms with van der Waals surface area (Å²) in [7, 11) is -2.64. The largest absolute Gasteiger partial charge is 0.382 e. The van der Waals surface area contributed by atoms with Gasteiger partial charge >= 0.3 is 0 Å². The molecule has 0 aliphatic carbocycles. The Labute approximate surface area is 134 Å². The number of nitrogens with zero attached hydrogens (tertiary/aromatic N) is 1. The second kappa shape index (κ2) is 6.23. The van der Waals surface area contributed by atoms with Crippen LogP contribution in [0.15, 0.2) is 35.4 Å². The Kier molecular flexibility index (Phi) is 4.69. The highest BCUT2D eigenvalue weighted by Gasteiger charge is 2.37. The minimum Gasteiger partial charge on any atom is -0.382 e. The Morgan fingerprint density at radius 2 is 2.09 bits per heavy atom. The van der Waals surface area contributed by atoms with E-state index in [1.54, 1.807) is 24.4 Å². The molecule has 8 heteroatoms. The molecule has 0 spiro atoms. The molecule has 0 aliphatic rings. The van der Waals surface area contributed by atoms with Gasteiger partial charge in [-0.15, -0.1) is 0 Å². The Balaban J connectivity index is 2.57. The smallest absolute Gasteiger partial charge is 0.242 e. The maximum atomic E-state index is 12.8. The van der Waals surface area contributed by atoms with Crippen LogP contribution in [0.2, 0.25) is 0 Å². The molecule has 0 fully saturated rings. The zero-order valence-electron chi connectivity index (χ0n) is 13.2. The number of fused-ring (bicyclic) bond motifs is 1. The van der Waals surface area contributed by atoms with Crippen LogP contribution < -0.4 is 10.5 Å². The van der Waals surface area contributed by atoms with E-state index in [2.05, 4.69) is 9.71 Å². The highest BCUT2D eigenvalue weighted by molar-refractivity contribution is 7.89. The van der Waals surface area contributed by atoms with Crippen molar-refractivity contribution in [2.75, 3.05) is 13.7 Å². The van der Waals surface area contributed by atoms with Crippen molar-refractivity contribution in [2.24, 2.45) is 5.73 Å². The molecule has 0 saturated carbocycles. The average molecular weight is 337 g/mol. The monoisotopic (exact) mass is 337 g/mol. The van der Waals surface area contributed by atoms with E-state index in [0.29, 0.717) is 10.9 Å². The lowest BCUT2D eigenvalue weighted by Crippen LogP contribution is -2.58. The number of carbonyl (C=O) groups is 1. The first-order valence-corrected chi connectivity index (χ1v) is 8.37. The van der Waals surface area contributed by atoms with E-state index in [1.807, 2.05) is 6.92 Å². The summed E-state index contributed by atoms with van der Waals surface area (Å²) >= 11 is 0. The van der Waals surface area contributed by atoms with Gasteiger partial charge in [0.2, 0.25) is 15.9 Å². The Morgan fingerprint density at radius 3 is 2.70 bits per heavy atom. The lowest BCUT2D eigenvalue weighted by atomic mass is 10.1. The van der Waals surface area contributed by atoms with Gasteiger partial charge in [0, 0.05) is 18.7 Å². The zero-order valence-corrected chi connectivity index (χ0v) is 14.0. The molecule has 2 aromatic rings. The van der Waals surface area contributed by atoms with E-state index in [0.717, 1.165) is 5.56 Å². The number of nitrogens with two attached hydrogens (primary N) is 1. The molecular weight excluding hydrogens is 318 g/mol. The molecule has 1 heterocycles. The predicted octanol–water partition coefficient (Wildman–Crippen LogP) is 0.712. The summed E-state index contributed by atoms with van der Waals surface area (Å²) in [6, 6.07) is 6.47. The first-order chi connectivity index (χ1) is 10.7.